The molecule has 1 aliphatic rings. The maximum atomic E-state index is 11.4. The van der Waals surface area contributed by atoms with Gasteiger partial charge in [-0.1, -0.05) is 45.4 Å². The minimum Gasteiger partial charge on any atom is -0.385 e. The first kappa shape index (κ1) is 14.6. The molecule has 0 bridgehead atoms. The average molecular weight is 260 g/mol. The molecular weight excluding hydrogens is 232 g/mol. The van der Waals surface area contributed by atoms with Crippen molar-refractivity contribution in [2.24, 2.45) is 17.8 Å². The third kappa shape index (κ3) is 2.58. The number of hydrogen-bond donors (Lipinski definition) is 1. The maximum Gasteiger partial charge on any atom is 0.0932 e. The van der Waals surface area contributed by atoms with E-state index in [1.807, 2.05) is 0 Å². The summed E-state index contributed by atoms with van der Waals surface area (Å²) in [6.07, 6.45) is 3.29. The quantitative estimate of drug-likeness (QED) is 0.825. The summed E-state index contributed by atoms with van der Waals surface area (Å²) >= 11 is 0. The molecule has 3 atom stereocenters. The van der Waals surface area contributed by atoms with E-state index in [-0.39, 0.29) is 0 Å². The Hall–Kier alpha value is -0.820. The highest BCUT2D eigenvalue weighted by molar-refractivity contribution is 5.38. The van der Waals surface area contributed by atoms with Crippen LogP contribution in [0.3, 0.4) is 0 Å². The second-order valence-corrected chi connectivity index (χ2v) is 6.91. The van der Waals surface area contributed by atoms with E-state index in [1.54, 1.807) is 0 Å². The average Bonchev–Trinajstić information content (AvgIpc) is 2.31. The predicted octanol–water partition coefficient (Wildman–Crippen LogP) is 4.58. The summed E-state index contributed by atoms with van der Waals surface area (Å²) in [6, 6.07) is 6.36. The Bertz CT molecular complexity index is 449. The van der Waals surface area contributed by atoms with Crippen molar-refractivity contribution in [3.05, 3.63) is 34.9 Å². The Labute approximate surface area is 118 Å². The van der Waals surface area contributed by atoms with Crippen LogP contribution >= 0.6 is 0 Å². The summed E-state index contributed by atoms with van der Waals surface area (Å²) in [5.74, 6) is 1.52. The smallest absolute Gasteiger partial charge is 0.0932 e. The van der Waals surface area contributed by atoms with E-state index >= 15 is 0 Å². The van der Waals surface area contributed by atoms with Gasteiger partial charge in [-0.15, -0.1) is 0 Å². The molecular formula is C18H28O. The van der Waals surface area contributed by atoms with Gasteiger partial charge in [-0.05, 0) is 61.1 Å². The fraction of sp³-hybridized carbons (Fsp3) is 0.667. The third-order valence-corrected chi connectivity index (χ3v) is 5.12. The van der Waals surface area contributed by atoms with Gasteiger partial charge in [0.25, 0.3) is 0 Å². The molecule has 1 saturated carbocycles. The van der Waals surface area contributed by atoms with Crippen LogP contribution in [0.2, 0.25) is 0 Å². The van der Waals surface area contributed by atoms with Crippen molar-refractivity contribution in [3.8, 4) is 0 Å². The Kier molecular flexibility index (Phi) is 4.06. The second kappa shape index (κ2) is 5.28. The third-order valence-electron chi connectivity index (χ3n) is 5.12. The largest absolute Gasteiger partial charge is 0.385 e. The Morgan fingerprint density at radius 1 is 1.21 bits per heavy atom. The van der Waals surface area contributed by atoms with Gasteiger partial charge in [0.1, 0.15) is 0 Å². The number of aryl methyl sites for hydroxylation is 1. The zero-order valence-electron chi connectivity index (χ0n) is 13.0. The van der Waals surface area contributed by atoms with Gasteiger partial charge in [0, 0.05) is 0 Å². The first-order chi connectivity index (χ1) is 8.86. The van der Waals surface area contributed by atoms with Gasteiger partial charge >= 0.3 is 0 Å². The summed E-state index contributed by atoms with van der Waals surface area (Å²) in [6.45, 7) is 11.1. The number of hydrogen-bond acceptors (Lipinski definition) is 1. The van der Waals surface area contributed by atoms with Gasteiger partial charge in [0.15, 0.2) is 0 Å². The molecule has 0 saturated heterocycles. The Morgan fingerprint density at radius 2 is 1.89 bits per heavy atom. The lowest BCUT2D eigenvalue weighted by atomic mass is 9.63. The molecule has 1 aromatic rings. The van der Waals surface area contributed by atoms with Gasteiger partial charge in [0.05, 0.1) is 5.60 Å². The number of rotatable bonds is 2. The highest BCUT2D eigenvalue weighted by Crippen LogP contribution is 2.48. The van der Waals surface area contributed by atoms with E-state index < -0.39 is 5.60 Å². The van der Waals surface area contributed by atoms with Crippen LogP contribution in [0.4, 0.5) is 0 Å². The van der Waals surface area contributed by atoms with Gasteiger partial charge in [0.2, 0.25) is 0 Å². The molecule has 1 fully saturated rings. The van der Waals surface area contributed by atoms with Crippen molar-refractivity contribution in [3.63, 3.8) is 0 Å². The zero-order valence-corrected chi connectivity index (χ0v) is 13.0. The van der Waals surface area contributed by atoms with Crippen molar-refractivity contribution in [2.75, 3.05) is 0 Å². The highest BCUT2D eigenvalue weighted by atomic mass is 16.3. The molecule has 1 heteroatoms. The summed E-state index contributed by atoms with van der Waals surface area (Å²) in [5, 5.41) is 11.4. The lowest BCUT2D eigenvalue weighted by molar-refractivity contribution is -0.0870. The molecule has 1 aromatic carbocycles. The van der Waals surface area contributed by atoms with Gasteiger partial charge in [-0.3, -0.25) is 0 Å². The maximum absolute atomic E-state index is 11.4. The molecule has 0 aliphatic heterocycles. The molecule has 1 N–H and O–H groups in total. The minimum absolute atomic E-state index is 0.379. The summed E-state index contributed by atoms with van der Waals surface area (Å²) in [7, 11) is 0. The van der Waals surface area contributed by atoms with Crippen molar-refractivity contribution in [1.29, 1.82) is 0 Å². The SMILES string of the molecule is Cc1cccc(C2(O)CC(C)CCC2C(C)C)c1C. The van der Waals surface area contributed by atoms with E-state index in [4.69, 9.17) is 0 Å². The molecule has 3 unspecified atom stereocenters. The molecule has 0 amide bonds. The molecule has 2 rings (SSSR count). The van der Waals surface area contributed by atoms with Gasteiger partial charge in [-0.2, -0.15) is 0 Å². The van der Waals surface area contributed by atoms with Crippen LogP contribution in [0.1, 0.15) is 56.7 Å². The molecule has 0 aromatic heterocycles. The van der Waals surface area contributed by atoms with Crippen molar-refractivity contribution in [1.82, 2.24) is 0 Å². The van der Waals surface area contributed by atoms with Crippen molar-refractivity contribution in [2.45, 2.75) is 59.5 Å². The van der Waals surface area contributed by atoms with E-state index in [0.717, 1.165) is 18.4 Å². The van der Waals surface area contributed by atoms with Gasteiger partial charge < -0.3 is 5.11 Å². The topological polar surface area (TPSA) is 20.2 Å². The normalized spacial score (nSPS) is 31.7. The van der Waals surface area contributed by atoms with E-state index in [0.29, 0.717) is 17.8 Å². The lowest BCUT2D eigenvalue weighted by Gasteiger charge is -2.46. The van der Waals surface area contributed by atoms with Crippen molar-refractivity contribution < 1.29 is 5.11 Å². The fourth-order valence-electron chi connectivity index (χ4n) is 3.90. The highest BCUT2D eigenvalue weighted by Gasteiger charge is 2.44. The summed E-state index contributed by atoms with van der Waals surface area (Å²) in [5.41, 5.74) is 3.08. The van der Waals surface area contributed by atoms with E-state index in [1.165, 1.54) is 17.5 Å². The predicted molar refractivity (Wildman–Crippen MR) is 81.2 cm³/mol. The molecule has 106 valence electrons. The van der Waals surface area contributed by atoms with E-state index in [9.17, 15) is 5.11 Å². The number of aliphatic hydroxyl groups is 1. The van der Waals surface area contributed by atoms with Crippen LogP contribution in [0, 0.1) is 31.6 Å². The standard InChI is InChI=1S/C18H28O/c1-12(2)16-10-9-13(3)11-18(16,19)17-8-6-7-14(4)15(17)5/h6-8,12-13,16,19H,9-11H2,1-5H3. The fourth-order valence-corrected chi connectivity index (χ4v) is 3.90. The van der Waals surface area contributed by atoms with E-state index in [2.05, 4.69) is 52.8 Å². The van der Waals surface area contributed by atoms with Crippen molar-refractivity contribution >= 4 is 0 Å². The zero-order chi connectivity index (χ0) is 14.2. The molecule has 19 heavy (non-hydrogen) atoms. The molecule has 0 heterocycles. The molecule has 0 spiro atoms. The summed E-state index contributed by atoms with van der Waals surface area (Å²) < 4.78 is 0. The molecule has 1 aliphatic carbocycles. The Balaban J connectivity index is 2.49. The van der Waals surface area contributed by atoms with Gasteiger partial charge in [-0.25, -0.2) is 0 Å². The number of benzene rings is 1. The van der Waals surface area contributed by atoms with Crippen LogP contribution in [-0.2, 0) is 5.60 Å². The lowest BCUT2D eigenvalue weighted by Crippen LogP contribution is -2.43. The monoisotopic (exact) mass is 260 g/mol. The van der Waals surface area contributed by atoms with Crippen LogP contribution < -0.4 is 0 Å². The van der Waals surface area contributed by atoms with Crippen LogP contribution in [0.25, 0.3) is 0 Å². The molecule has 1 nitrogen and oxygen atoms in total. The van der Waals surface area contributed by atoms with Crippen LogP contribution in [-0.4, -0.2) is 5.11 Å². The summed E-state index contributed by atoms with van der Waals surface area (Å²) in [4.78, 5) is 0. The molecule has 0 radical (unpaired) electrons. The second-order valence-electron chi connectivity index (χ2n) is 6.91. The first-order valence-electron chi connectivity index (χ1n) is 7.65. The first-order valence-corrected chi connectivity index (χ1v) is 7.65. The van der Waals surface area contributed by atoms with Crippen LogP contribution in [0.5, 0.6) is 0 Å². The minimum atomic E-state index is -0.637. The van der Waals surface area contributed by atoms with Crippen LogP contribution in [0.15, 0.2) is 18.2 Å². The Morgan fingerprint density at radius 3 is 2.53 bits per heavy atom.